The van der Waals surface area contributed by atoms with E-state index in [1.165, 1.54) is 0 Å². The molecule has 14 N–H and O–H groups in total. The van der Waals surface area contributed by atoms with Crippen LogP contribution in [0.2, 0.25) is 0 Å². The lowest BCUT2D eigenvalue weighted by Crippen LogP contribution is -2.68. The molecule has 8 fully saturated rings. The van der Waals surface area contributed by atoms with E-state index in [1.807, 2.05) is 20.8 Å². The SMILES string of the molecule is CC(C)=CCC[C@](C)(O[C@@H]1O[C@H](CO[C@@H]2OC[C@@H](O)[C@@H](O)[C@H]2O)[C@@H](O)[C@H](O)[C@H]1O)[C@H]1CC[C@]2(C)[C@@H]1[C@H](O)C[C@@H]1[C@@]3(C)CC[C@H](O[C@@H]4O[C@H](CO)[C@@H](O)[C@H](O)[C@H]4O[C@@H]4O[C@H](CO)[C@@H](O)[C@H](O)[C@H]4O)C(C)(C)[C@@H]3CC[C@]12C. The van der Waals surface area contributed by atoms with Crippen LogP contribution in [0.3, 0.4) is 0 Å². The molecule has 75 heavy (non-hydrogen) atoms. The van der Waals surface area contributed by atoms with Crippen molar-refractivity contribution in [1.29, 1.82) is 0 Å². The summed E-state index contributed by atoms with van der Waals surface area (Å²) in [6.07, 6.45) is -22.6. The van der Waals surface area contributed by atoms with Crippen LogP contribution in [-0.4, -0.2) is 232 Å². The molecule has 434 valence electrons. The van der Waals surface area contributed by atoms with Crippen LogP contribution >= 0.6 is 0 Å². The monoisotopic (exact) mass is 1080 g/mol. The minimum absolute atomic E-state index is 0.0508. The van der Waals surface area contributed by atoms with E-state index in [0.29, 0.717) is 38.5 Å². The highest BCUT2D eigenvalue weighted by Gasteiger charge is 2.72. The normalized spacial score (nSPS) is 52.7. The third-order valence-corrected chi connectivity index (χ3v) is 20.5. The molecule has 8 rings (SSSR count). The Bertz CT molecular complexity index is 1940. The fraction of sp³-hybridized carbons (Fsp3) is 0.962. The van der Waals surface area contributed by atoms with E-state index in [1.54, 1.807) is 0 Å². The molecule has 0 unspecified atom stereocenters. The first-order chi connectivity index (χ1) is 35.1. The van der Waals surface area contributed by atoms with Crippen LogP contribution in [0.4, 0.5) is 0 Å². The van der Waals surface area contributed by atoms with E-state index in [-0.39, 0.29) is 41.1 Å². The average Bonchev–Trinajstić information content (AvgIpc) is 3.75. The first kappa shape index (κ1) is 60.0. The first-order valence-electron chi connectivity index (χ1n) is 27.3. The van der Waals surface area contributed by atoms with Gasteiger partial charge in [0.15, 0.2) is 25.2 Å². The van der Waals surface area contributed by atoms with Crippen molar-refractivity contribution in [3.8, 4) is 0 Å². The summed E-state index contributed by atoms with van der Waals surface area (Å²) in [5, 5.41) is 151. The van der Waals surface area contributed by atoms with Gasteiger partial charge in [0.1, 0.15) is 91.6 Å². The number of allylic oxidation sites excluding steroid dienone is 2. The Morgan fingerprint density at radius 3 is 1.80 bits per heavy atom. The van der Waals surface area contributed by atoms with Gasteiger partial charge in [-0.25, -0.2) is 0 Å². The summed E-state index contributed by atoms with van der Waals surface area (Å²) < 4.78 is 48.8. The van der Waals surface area contributed by atoms with Gasteiger partial charge in [-0.2, -0.15) is 0 Å². The molecule has 0 spiro atoms. The quantitative estimate of drug-likeness (QED) is 0.0651. The second kappa shape index (κ2) is 22.7. The molecule has 0 radical (unpaired) electrons. The van der Waals surface area contributed by atoms with Crippen LogP contribution in [0.1, 0.15) is 113 Å². The maximum Gasteiger partial charge on any atom is 0.187 e. The molecule has 0 aromatic rings. The summed E-state index contributed by atoms with van der Waals surface area (Å²) in [5.74, 6) is -0.395. The number of fused-ring (bicyclic) bond motifs is 5. The van der Waals surface area contributed by atoms with Gasteiger partial charge in [0.2, 0.25) is 0 Å². The van der Waals surface area contributed by atoms with Crippen LogP contribution in [-0.2, 0) is 37.9 Å². The molecule has 0 aromatic heterocycles. The lowest BCUT2D eigenvalue weighted by molar-refractivity contribution is -0.378. The zero-order valence-corrected chi connectivity index (χ0v) is 44.7. The Labute approximate surface area is 439 Å². The van der Waals surface area contributed by atoms with Crippen molar-refractivity contribution in [3.05, 3.63) is 11.6 Å². The molecular formula is C53H90O22. The van der Waals surface area contributed by atoms with Crippen molar-refractivity contribution >= 4 is 0 Å². The van der Waals surface area contributed by atoms with Crippen LogP contribution in [0.15, 0.2) is 11.6 Å². The maximum absolute atomic E-state index is 12.8. The second-order valence-corrected chi connectivity index (χ2v) is 25.3. The van der Waals surface area contributed by atoms with Gasteiger partial charge in [0, 0.05) is 0 Å². The lowest BCUT2D eigenvalue weighted by atomic mass is 9.35. The fourth-order valence-corrected chi connectivity index (χ4v) is 16.0. The predicted octanol–water partition coefficient (Wildman–Crippen LogP) is -1.56. The highest BCUT2D eigenvalue weighted by Crippen LogP contribution is 2.76. The predicted molar refractivity (Wildman–Crippen MR) is 260 cm³/mol. The summed E-state index contributed by atoms with van der Waals surface area (Å²) in [4.78, 5) is 0. The zero-order valence-electron chi connectivity index (χ0n) is 44.7. The van der Waals surface area contributed by atoms with E-state index < -0.39 is 165 Å². The highest BCUT2D eigenvalue weighted by atomic mass is 16.8. The maximum atomic E-state index is 12.8. The van der Waals surface area contributed by atoms with Gasteiger partial charge < -0.3 is 109 Å². The van der Waals surface area contributed by atoms with E-state index in [2.05, 4.69) is 40.7 Å². The fourth-order valence-electron chi connectivity index (χ4n) is 16.0. The number of aliphatic hydroxyl groups is 14. The average molecular weight is 1080 g/mol. The minimum atomic E-state index is -1.81. The Morgan fingerprint density at radius 2 is 1.16 bits per heavy atom. The Hall–Kier alpha value is -1.14. The number of hydrogen-bond donors (Lipinski definition) is 14. The standard InChI is InChI=1S/C53H90O22/c1-23(2)10-9-14-53(8,75-47-43(67)39(63)37(61)29(72-47)22-69-45-41(65)34(58)26(57)21-68-45)24-11-16-52(7)33(24)25(56)18-31-50(5)15-13-32(49(3,4)30(50)12-17-51(31,52)6)73-48-44(40(64)36(60)28(20-55)71-48)74-46-42(66)38(62)35(59)27(19-54)70-46/h10,24-48,54-67H,9,11-22H2,1-8H3/t24-,25+,26+,27+,28+,29+,30-,31+,32-,33-,34+,35+,36+,37+,38-,39-,40-,41+,42+,43+,44+,45-,46-,47-,48-,50-,51+,52+,53-/m0/s1. The Kier molecular flexibility index (Phi) is 18.1. The van der Waals surface area contributed by atoms with Crippen LogP contribution in [0.25, 0.3) is 0 Å². The summed E-state index contributed by atoms with van der Waals surface area (Å²) in [7, 11) is 0. The van der Waals surface area contributed by atoms with Crippen molar-refractivity contribution in [2.24, 2.45) is 45.3 Å². The molecule has 22 nitrogen and oxygen atoms in total. The molecule has 4 aliphatic carbocycles. The van der Waals surface area contributed by atoms with Gasteiger partial charge in [-0.05, 0) is 124 Å². The van der Waals surface area contributed by atoms with Crippen molar-refractivity contribution in [2.45, 2.75) is 248 Å². The van der Waals surface area contributed by atoms with Gasteiger partial charge in [0.25, 0.3) is 0 Å². The van der Waals surface area contributed by atoms with Gasteiger partial charge >= 0.3 is 0 Å². The summed E-state index contributed by atoms with van der Waals surface area (Å²) in [6, 6.07) is 0. The second-order valence-electron chi connectivity index (χ2n) is 25.3. The zero-order chi connectivity index (χ0) is 55.1. The van der Waals surface area contributed by atoms with Gasteiger partial charge in [-0.1, -0.05) is 46.3 Å². The topological polar surface area (TPSA) is 357 Å². The van der Waals surface area contributed by atoms with Gasteiger partial charge in [0.05, 0.1) is 44.2 Å². The smallest absolute Gasteiger partial charge is 0.187 e. The summed E-state index contributed by atoms with van der Waals surface area (Å²) in [6.45, 7) is 15.1. The number of aliphatic hydroxyl groups excluding tert-OH is 14. The van der Waals surface area contributed by atoms with Gasteiger partial charge in [-0.3, -0.25) is 0 Å². The van der Waals surface area contributed by atoms with E-state index in [4.69, 9.17) is 37.9 Å². The highest BCUT2D eigenvalue weighted by molar-refractivity contribution is 5.20. The Balaban J connectivity index is 1.01. The molecule has 0 amide bonds. The molecule has 22 heteroatoms. The number of hydrogen-bond acceptors (Lipinski definition) is 22. The molecule has 4 saturated carbocycles. The van der Waals surface area contributed by atoms with E-state index in [9.17, 15) is 71.5 Å². The molecule has 4 heterocycles. The van der Waals surface area contributed by atoms with Crippen molar-refractivity contribution < 1.29 is 109 Å². The molecule has 4 saturated heterocycles. The molecule has 0 aromatic carbocycles. The third kappa shape index (κ3) is 10.6. The number of rotatable bonds is 15. The molecule has 0 bridgehead atoms. The summed E-state index contributed by atoms with van der Waals surface area (Å²) >= 11 is 0. The Morgan fingerprint density at radius 1 is 0.587 bits per heavy atom. The molecule has 4 aliphatic heterocycles. The minimum Gasteiger partial charge on any atom is -0.394 e. The molecule has 29 atom stereocenters. The van der Waals surface area contributed by atoms with E-state index in [0.717, 1.165) is 24.8 Å². The van der Waals surface area contributed by atoms with Crippen LogP contribution in [0, 0.1) is 45.3 Å². The van der Waals surface area contributed by atoms with Crippen molar-refractivity contribution in [3.63, 3.8) is 0 Å². The summed E-state index contributed by atoms with van der Waals surface area (Å²) in [5.41, 5.74) is -1.48. The van der Waals surface area contributed by atoms with Crippen LogP contribution < -0.4 is 0 Å². The lowest BCUT2D eigenvalue weighted by Gasteiger charge is -2.71. The van der Waals surface area contributed by atoms with Crippen LogP contribution in [0.5, 0.6) is 0 Å². The van der Waals surface area contributed by atoms with Crippen molar-refractivity contribution in [1.82, 2.24) is 0 Å². The first-order valence-corrected chi connectivity index (χ1v) is 27.3. The number of ether oxygens (including phenoxy) is 8. The van der Waals surface area contributed by atoms with Crippen molar-refractivity contribution in [2.75, 3.05) is 26.4 Å². The molecular weight excluding hydrogens is 989 g/mol. The van der Waals surface area contributed by atoms with Gasteiger partial charge in [-0.15, -0.1) is 0 Å². The van der Waals surface area contributed by atoms with E-state index >= 15 is 0 Å². The third-order valence-electron chi connectivity index (χ3n) is 20.5. The molecule has 8 aliphatic rings. The largest absolute Gasteiger partial charge is 0.394 e.